The average molecular weight is 228 g/mol. The standard InChI is InChI=1S/2C8H18/c2*1-4-6-8(3)7-5-2/h2*8H,4-7H2,1-3H3. The number of hydrogen-bond acceptors (Lipinski definition) is 0. The molecule has 0 heteroatoms. The van der Waals surface area contributed by atoms with Gasteiger partial charge in [0.2, 0.25) is 0 Å². The van der Waals surface area contributed by atoms with Crippen LogP contribution in [0.5, 0.6) is 0 Å². The molecule has 0 aliphatic carbocycles. The summed E-state index contributed by atoms with van der Waals surface area (Å²) in [5.41, 5.74) is 0. The van der Waals surface area contributed by atoms with Crippen molar-refractivity contribution in [2.24, 2.45) is 11.8 Å². The maximum absolute atomic E-state index is 2.34. The van der Waals surface area contributed by atoms with Crippen LogP contribution >= 0.6 is 0 Å². The van der Waals surface area contributed by atoms with Gasteiger partial charge >= 0.3 is 0 Å². The lowest BCUT2D eigenvalue weighted by atomic mass is 10.0. The van der Waals surface area contributed by atoms with Crippen LogP contribution in [0.25, 0.3) is 0 Å². The summed E-state index contributed by atoms with van der Waals surface area (Å²) in [7, 11) is 0. The van der Waals surface area contributed by atoms with Gasteiger partial charge in [-0.2, -0.15) is 0 Å². The third kappa shape index (κ3) is 16.4. The topological polar surface area (TPSA) is 0 Å². The Morgan fingerprint density at radius 3 is 0.812 bits per heavy atom. The SMILES string of the molecule is CCCC(C)CCC.CCCC(C)CCC. The Labute approximate surface area is 105 Å². The van der Waals surface area contributed by atoms with Gasteiger partial charge in [-0.15, -0.1) is 0 Å². The smallest absolute Gasteiger partial charge is 0.0443 e. The molecule has 0 aromatic heterocycles. The van der Waals surface area contributed by atoms with Crippen LogP contribution in [0.3, 0.4) is 0 Å². The van der Waals surface area contributed by atoms with Crippen molar-refractivity contribution in [3.8, 4) is 0 Å². The van der Waals surface area contributed by atoms with E-state index in [9.17, 15) is 0 Å². The van der Waals surface area contributed by atoms with E-state index in [2.05, 4.69) is 41.5 Å². The predicted octanol–water partition coefficient (Wildman–Crippen LogP) is 6.45. The first-order valence-corrected chi connectivity index (χ1v) is 7.62. The molecule has 0 aromatic carbocycles. The first kappa shape index (κ1) is 18.4. The van der Waals surface area contributed by atoms with Gasteiger partial charge in [-0.05, 0) is 11.8 Å². The van der Waals surface area contributed by atoms with Crippen molar-refractivity contribution in [1.82, 2.24) is 0 Å². The molecule has 0 rings (SSSR count). The second-order valence-corrected chi connectivity index (χ2v) is 5.37. The fraction of sp³-hybridized carbons (Fsp3) is 1.00. The van der Waals surface area contributed by atoms with Crippen molar-refractivity contribution in [2.45, 2.75) is 92.9 Å². The Morgan fingerprint density at radius 2 is 0.688 bits per heavy atom. The first-order valence-electron chi connectivity index (χ1n) is 7.62. The summed E-state index contributed by atoms with van der Waals surface area (Å²) in [5, 5.41) is 0. The summed E-state index contributed by atoms with van der Waals surface area (Å²) >= 11 is 0. The molecule has 0 amide bonds. The molecule has 0 bridgehead atoms. The molecule has 0 heterocycles. The quantitative estimate of drug-likeness (QED) is 0.448. The first-order chi connectivity index (χ1) is 7.62. The van der Waals surface area contributed by atoms with E-state index in [1.165, 1.54) is 51.4 Å². The van der Waals surface area contributed by atoms with Crippen molar-refractivity contribution >= 4 is 0 Å². The molecule has 0 spiro atoms. The second-order valence-electron chi connectivity index (χ2n) is 5.37. The van der Waals surface area contributed by atoms with Crippen molar-refractivity contribution in [3.05, 3.63) is 0 Å². The van der Waals surface area contributed by atoms with E-state index in [0.29, 0.717) is 0 Å². The van der Waals surface area contributed by atoms with E-state index >= 15 is 0 Å². The Balaban J connectivity index is 0. The van der Waals surface area contributed by atoms with E-state index in [1.54, 1.807) is 0 Å². The van der Waals surface area contributed by atoms with E-state index in [-0.39, 0.29) is 0 Å². The Bertz CT molecular complexity index is 80.6. The molecular formula is C16H36. The van der Waals surface area contributed by atoms with Crippen LogP contribution in [0.15, 0.2) is 0 Å². The maximum Gasteiger partial charge on any atom is -0.0443 e. The fourth-order valence-electron chi connectivity index (χ4n) is 2.26. The summed E-state index contributed by atoms with van der Waals surface area (Å²) in [5.74, 6) is 1.93. The van der Waals surface area contributed by atoms with Crippen LogP contribution in [0.4, 0.5) is 0 Å². The largest absolute Gasteiger partial charge is 0.0654 e. The Hall–Kier alpha value is 0. The van der Waals surface area contributed by atoms with Gasteiger partial charge in [0.25, 0.3) is 0 Å². The van der Waals surface area contributed by atoms with Crippen LogP contribution in [0.1, 0.15) is 92.9 Å². The Kier molecular flexibility index (Phi) is 17.2. The molecule has 0 saturated heterocycles. The minimum Gasteiger partial charge on any atom is -0.0654 e. The van der Waals surface area contributed by atoms with Gasteiger partial charge in [-0.1, -0.05) is 92.9 Å². The molecule has 0 saturated carbocycles. The molecule has 16 heavy (non-hydrogen) atoms. The Morgan fingerprint density at radius 1 is 0.500 bits per heavy atom. The van der Waals surface area contributed by atoms with Crippen LogP contribution in [-0.2, 0) is 0 Å². The van der Waals surface area contributed by atoms with Crippen molar-refractivity contribution in [1.29, 1.82) is 0 Å². The molecule has 100 valence electrons. The summed E-state index contributed by atoms with van der Waals surface area (Å²) in [6.45, 7) is 13.7. The third-order valence-electron chi connectivity index (χ3n) is 3.13. The number of hydrogen-bond donors (Lipinski definition) is 0. The van der Waals surface area contributed by atoms with E-state index in [4.69, 9.17) is 0 Å². The third-order valence-corrected chi connectivity index (χ3v) is 3.13. The van der Waals surface area contributed by atoms with Gasteiger partial charge in [-0.3, -0.25) is 0 Å². The molecule has 0 aliphatic heterocycles. The monoisotopic (exact) mass is 228 g/mol. The minimum atomic E-state index is 0.963. The lowest BCUT2D eigenvalue weighted by Gasteiger charge is -2.05. The molecule has 0 unspecified atom stereocenters. The zero-order valence-electron chi connectivity index (χ0n) is 12.8. The van der Waals surface area contributed by atoms with Crippen LogP contribution < -0.4 is 0 Å². The van der Waals surface area contributed by atoms with Gasteiger partial charge < -0.3 is 0 Å². The highest BCUT2D eigenvalue weighted by Crippen LogP contribution is 2.11. The summed E-state index contributed by atoms with van der Waals surface area (Å²) in [6.07, 6.45) is 11.0. The van der Waals surface area contributed by atoms with Crippen LogP contribution in [0.2, 0.25) is 0 Å². The van der Waals surface area contributed by atoms with Crippen molar-refractivity contribution < 1.29 is 0 Å². The lowest BCUT2D eigenvalue weighted by Crippen LogP contribution is -1.91. The predicted molar refractivity (Wildman–Crippen MR) is 78.0 cm³/mol. The molecular weight excluding hydrogens is 192 g/mol. The maximum atomic E-state index is 2.34. The van der Waals surface area contributed by atoms with Crippen molar-refractivity contribution in [3.63, 3.8) is 0 Å². The fourth-order valence-corrected chi connectivity index (χ4v) is 2.26. The molecule has 0 nitrogen and oxygen atoms in total. The minimum absolute atomic E-state index is 0.963. The van der Waals surface area contributed by atoms with Crippen LogP contribution in [-0.4, -0.2) is 0 Å². The second kappa shape index (κ2) is 15.0. The highest BCUT2D eigenvalue weighted by atomic mass is 14.0. The van der Waals surface area contributed by atoms with Crippen LogP contribution in [0, 0.1) is 11.8 Å². The zero-order chi connectivity index (χ0) is 12.8. The lowest BCUT2D eigenvalue weighted by molar-refractivity contribution is 0.480. The molecule has 0 atom stereocenters. The molecule has 0 N–H and O–H groups in total. The molecule has 0 aliphatic rings. The van der Waals surface area contributed by atoms with Gasteiger partial charge in [0.1, 0.15) is 0 Å². The summed E-state index contributed by atoms with van der Waals surface area (Å²) < 4.78 is 0. The molecule has 0 radical (unpaired) electrons. The zero-order valence-corrected chi connectivity index (χ0v) is 12.8. The average Bonchev–Trinajstić information content (AvgIpc) is 2.20. The van der Waals surface area contributed by atoms with Gasteiger partial charge in [0, 0.05) is 0 Å². The van der Waals surface area contributed by atoms with E-state index in [1.807, 2.05) is 0 Å². The van der Waals surface area contributed by atoms with E-state index in [0.717, 1.165) is 11.8 Å². The highest BCUT2D eigenvalue weighted by Gasteiger charge is 1.96. The summed E-state index contributed by atoms with van der Waals surface area (Å²) in [6, 6.07) is 0. The van der Waals surface area contributed by atoms with E-state index < -0.39 is 0 Å². The van der Waals surface area contributed by atoms with Crippen molar-refractivity contribution in [2.75, 3.05) is 0 Å². The highest BCUT2D eigenvalue weighted by molar-refractivity contribution is 4.49. The normalized spacial score (nSPS) is 10.5. The molecule has 0 fully saturated rings. The van der Waals surface area contributed by atoms with Gasteiger partial charge in [-0.25, -0.2) is 0 Å². The van der Waals surface area contributed by atoms with Gasteiger partial charge in [0.15, 0.2) is 0 Å². The van der Waals surface area contributed by atoms with Gasteiger partial charge in [0.05, 0.1) is 0 Å². The number of rotatable bonds is 8. The summed E-state index contributed by atoms with van der Waals surface area (Å²) in [4.78, 5) is 0. The molecule has 0 aromatic rings.